The lowest BCUT2D eigenvalue weighted by molar-refractivity contribution is -0.137. The highest BCUT2D eigenvalue weighted by Crippen LogP contribution is 2.32. The third-order valence-corrected chi connectivity index (χ3v) is 8.68. The number of fused-ring (bicyclic) bond motifs is 1. The fourth-order valence-corrected chi connectivity index (χ4v) is 6.87. The van der Waals surface area contributed by atoms with Gasteiger partial charge in [-0.25, -0.2) is 8.42 Å². The zero-order valence-electron chi connectivity index (χ0n) is 19.4. The van der Waals surface area contributed by atoms with Crippen molar-refractivity contribution in [3.8, 4) is 5.75 Å². The average molecular weight is 474 g/mol. The van der Waals surface area contributed by atoms with Crippen molar-refractivity contribution in [3.05, 3.63) is 52.8 Å². The number of carbonyl (C=O) groups is 1. The molecular weight excluding hydrogens is 442 g/mol. The Morgan fingerprint density at radius 2 is 1.88 bits per heavy atom. The van der Waals surface area contributed by atoms with Gasteiger partial charge in [-0.2, -0.15) is 4.31 Å². The second kappa shape index (κ2) is 9.79. The quantitative estimate of drug-likeness (QED) is 0.614. The summed E-state index contributed by atoms with van der Waals surface area (Å²) >= 11 is 0. The van der Waals surface area contributed by atoms with E-state index in [0.717, 1.165) is 24.0 Å². The van der Waals surface area contributed by atoms with Crippen LogP contribution in [0.4, 0.5) is 0 Å². The van der Waals surface area contributed by atoms with Gasteiger partial charge in [-0.3, -0.25) is 9.78 Å². The Hall–Kier alpha value is -2.49. The van der Waals surface area contributed by atoms with Crippen LogP contribution in [0.3, 0.4) is 0 Å². The van der Waals surface area contributed by atoms with E-state index in [1.807, 2.05) is 6.07 Å². The standard InChI is InChI=1S/C24H31N3O5S/c1-17-10-22(31-3)11-18(2)24(17)33(29,30)27-9-5-4-6-21(27)15-32-16-23(28)26-13-19-7-8-25-12-20(19)14-26/h7-8,10-12,21H,4-6,9,13-16H2,1-3H3. The minimum atomic E-state index is -3.70. The highest BCUT2D eigenvalue weighted by molar-refractivity contribution is 7.89. The van der Waals surface area contributed by atoms with Crippen molar-refractivity contribution in [1.29, 1.82) is 0 Å². The van der Waals surface area contributed by atoms with E-state index in [2.05, 4.69) is 4.98 Å². The molecule has 4 rings (SSSR count). The molecule has 8 nitrogen and oxygen atoms in total. The van der Waals surface area contributed by atoms with E-state index in [9.17, 15) is 13.2 Å². The maximum absolute atomic E-state index is 13.6. The van der Waals surface area contributed by atoms with Gasteiger partial charge in [0.2, 0.25) is 15.9 Å². The highest BCUT2D eigenvalue weighted by atomic mass is 32.2. The molecular formula is C24H31N3O5S. The number of piperidine rings is 1. The summed E-state index contributed by atoms with van der Waals surface area (Å²) in [7, 11) is -2.14. The fourth-order valence-electron chi connectivity index (χ4n) is 4.78. The summed E-state index contributed by atoms with van der Waals surface area (Å²) in [5.41, 5.74) is 3.49. The van der Waals surface area contributed by atoms with E-state index < -0.39 is 10.0 Å². The normalized spacial score (nSPS) is 18.9. The molecule has 0 aliphatic carbocycles. The average Bonchev–Trinajstić information content (AvgIpc) is 3.23. The van der Waals surface area contributed by atoms with Gasteiger partial charge in [0.15, 0.2) is 0 Å². The Labute approximate surface area is 195 Å². The third-order valence-electron chi connectivity index (χ3n) is 6.42. The first-order valence-corrected chi connectivity index (χ1v) is 12.7. The Balaban J connectivity index is 1.41. The number of pyridine rings is 1. The van der Waals surface area contributed by atoms with Crippen LogP contribution in [0, 0.1) is 13.8 Å². The predicted octanol–water partition coefficient (Wildman–Crippen LogP) is 2.81. The minimum Gasteiger partial charge on any atom is -0.497 e. The zero-order valence-corrected chi connectivity index (χ0v) is 20.2. The Bertz CT molecular complexity index is 1090. The SMILES string of the molecule is COc1cc(C)c(S(=O)(=O)N2CCCCC2COCC(=O)N2Cc3ccncc3C2)c(C)c1. The van der Waals surface area contributed by atoms with Crippen molar-refractivity contribution in [2.45, 2.75) is 57.1 Å². The minimum absolute atomic E-state index is 0.0631. The molecule has 1 atom stereocenters. The summed E-state index contributed by atoms with van der Waals surface area (Å²) in [6, 6.07) is 5.13. The van der Waals surface area contributed by atoms with Crippen molar-refractivity contribution in [3.63, 3.8) is 0 Å². The number of hydrogen-bond donors (Lipinski definition) is 0. The lowest BCUT2D eigenvalue weighted by Gasteiger charge is -2.35. The molecule has 1 saturated heterocycles. The number of rotatable bonds is 7. The molecule has 0 N–H and O–H groups in total. The molecule has 1 unspecified atom stereocenters. The van der Waals surface area contributed by atoms with E-state index in [-0.39, 0.29) is 25.2 Å². The second-order valence-electron chi connectivity index (χ2n) is 8.76. The first-order valence-electron chi connectivity index (χ1n) is 11.3. The van der Waals surface area contributed by atoms with Crippen LogP contribution >= 0.6 is 0 Å². The summed E-state index contributed by atoms with van der Waals surface area (Å²) in [5, 5.41) is 0. The van der Waals surface area contributed by atoms with Gasteiger partial charge in [-0.05, 0) is 67.1 Å². The number of nitrogens with zero attached hydrogens (tertiary/aromatic N) is 3. The van der Waals surface area contributed by atoms with E-state index in [4.69, 9.17) is 9.47 Å². The number of aromatic nitrogens is 1. The van der Waals surface area contributed by atoms with Gasteiger partial charge in [-0.1, -0.05) is 6.42 Å². The molecule has 0 bridgehead atoms. The summed E-state index contributed by atoms with van der Waals surface area (Å²) in [4.78, 5) is 18.8. The van der Waals surface area contributed by atoms with Crippen LogP contribution in [0.2, 0.25) is 0 Å². The number of methoxy groups -OCH3 is 1. The van der Waals surface area contributed by atoms with Gasteiger partial charge in [0, 0.05) is 38.1 Å². The molecule has 1 fully saturated rings. The molecule has 2 aromatic rings. The number of benzene rings is 1. The van der Waals surface area contributed by atoms with Crippen LogP contribution < -0.4 is 4.74 Å². The van der Waals surface area contributed by atoms with Crippen LogP contribution in [0.5, 0.6) is 5.75 Å². The monoisotopic (exact) mass is 473 g/mol. The molecule has 178 valence electrons. The van der Waals surface area contributed by atoms with Gasteiger partial charge < -0.3 is 14.4 Å². The van der Waals surface area contributed by atoms with Crippen molar-refractivity contribution in [2.75, 3.05) is 26.9 Å². The lowest BCUT2D eigenvalue weighted by Crippen LogP contribution is -2.46. The van der Waals surface area contributed by atoms with E-state index in [0.29, 0.717) is 47.8 Å². The van der Waals surface area contributed by atoms with Crippen LogP contribution in [0.1, 0.15) is 41.5 Å². The number of carbonyl (C=O) groups excluding carboxylic acids is 1. The lowest BCUT2D eigenvalue weighted by atomic mass is 10.1. The van der Waals surface area contributed by atoms with Gasteiger partial charge in [0.1, 0.15) is 12.4 Å². The molecule has 0 spiro atoms. The van der Waals surface area contributed by atoms with E-state index >= 15 is 0 Å². The molecule has 2 aliphatic heterocycles. The first kappa shape index (κ1) is 23.7. The van der Waals surface area contributed by atoms with E-state index in [1.54, 1.807) is 54.7 Å². The maximum atomic E-state index is 13.6. The zero-order chi connectivity index (χ0) is 23.6. The molecule has 0 radical (unpaired) electrons. The molecule has 3 heterocycles. The van der Waals surface area contributed by atoms with Crippen LogP contribution in [-0.4, -0.2) is 61.4 Å². The Morgan fingerprint density at radius 1 is 1.15 bits per heavy atom. The summed E-state index contributed by atoms with van der Waals surface area (Å²) in [5.74, 6) is 0.541. The fraction of sp³-hybridized carbons (Fsp3) is 0.500. The summed E-state index contributed by atoms with van der Waals surface area (Å²) in [6.45, 7) is 5.25. The Morgan fingerprint density at radius 3 is 2.58 bits per heavy atom. The van der Waals surface area contributed by atoms with Gasteiger partial charge in [0.05, 0.1) is 18.6 Å². The number of ether oxygens (including phenoxy) is 2. The molecule has 9 heteroatoms. The van der Waals surface area contributed by atoms with Crippen LogP contribution in [0.15, 0.2) is 35.5 Å². The topological polar surface area (TPSA) is 89.0 Å². The highest BCUT2D eigenvalue weighted by Gasteiger charge is 2.36. The van der Waals surface area contributed by atoms with Crippen LogP contribution in [0.25, 0.3) is 0 Å². The van der Waals surface area contributed by atoms with Crippen molar-refractivity contribution >= 4 is 15.9 Å². The van der Waals surface area contributed by atoms with Gasteiger partial charge >= 0.3 is 0 Å². The summed E-state index contributed by atoms with van der Waals surface area (Å²) < 4.78 is 39.8. The molecule has 0 saturated carbocycles. The van der Waals surface area contributed by atoms with Gasteiger partial charge in [-0.15, -0.1) is 0 Å². The molecule has 2 aliphatic rings. The van der Waals surface area contributed by atoms with Crippen molar-refractivity contribution in [2.24, 2.45) is 0 Å². The number of aryl methyl sites for hydroxylation is 2. The van der Waals surface area contributed by atoms with Crippen LogP contribution in [-0.2, 0) is 32.6 Å². The summed E-state index contributed by atoms with van der Waals surface area (Å²) in [6.07, 6.45) is 5.97. The maximum Gasteiger partial charge on any atom is 0.249 e. The smallest absolute Gasteiger partial charge is 0.249 e. The second-order valence-corrected chi connectivity index (χ2v) is 10.6. The molecule has 33 heavy (non-hydrogen) atoms. The largest absolute Gasteiger partial charge is 0.497 e. The molecule has 1 aromatic carbocycles. The number of hydrogen-bond acceptors (Lipinski definition) is 6. The third kappa shape index (κ3) is 4.90. The number of amides is 1. The van der Waals surface area contributed by atoms with Crippen molar-refractivity contribution in [1.82, 2.24) is 14.2 Å². The number of sulfonamides is 1. The van der Waals surface area contributed by atoms with E-state index in [1.165, 1.54) is 0 Å². The molecule has 1 aromatic heterocycles. The molecule has 1 amide bonds. The first-order chi connectivity index (χ1) is 15.8. The Kier molecular flexibility index (Phi) is 7.02. The predicted molar refractivity (Wildman–Crippen MR) is 123 cm³/mol. The van der Waals surface area contributed by atoms with Crippen molar-refractivity contribution < 1.29 is 22.7 Å². The van der Waals surface area contributed by atoms with Gasteiger partial charge in [0.25, 0.3) is 0 Å².